The van der Waals surface area contributed by atoms with Gasteiger partial charge in [0.15, 0.2) is 0 Å². The molecule has 1 amide bonds. The third-order valence-electron chi connectivity index (χ3n) is 5.25. The molecule has 1 saturated carbocycles. The first-order valence-corrected chi connectivity index (χ1v) is 11.4. The van der Waals surface area contributed by atoms with E-state index in [-0.39, 0.29) is 24.5 Å². The minimum atomic E-state index is -0.0965. The van der Waals surface area contributed by atoms with Gasteiger partial charge in [-0.05, 0) is 25.0 Å². The molecular weight excluding hydrogens is 396 g/mol. The average molecular weight is 423 g/mol. The molecule has 1 aromatic carbocycles. The molecule has 0 unspecified atom stereocenters. The van der Waals surface area contributed by atoms with Crippen LogP contribution in [-0.4, -0.2) is 44.4 Å². The van der Waals surface area contributed by atoms with E-state index < -0.39 is 0 Å². The highest BCUT2D eigenvalue weighted by Gasteiger charge is 2.24. The predicted octanol–water partition coefficient (Wildman–Crippen LogP) is 4.06. The first-order chi connectivity index (χ1) is 14.7. The highest BCUT2D eigenvalue weighted by atomic mass is 32.2. The summed E-state index contributed by atoms with van der Waals surface area (Å²) in [5.74, 6) is 1.46. The molecule has 8 heteroatoms. The van der Waals surface area contributed by atoms with Crippen LogP contribution in [0.2, 0.25) is 0 Å². The third kappa shape index (κ3) is 5.84. The van der Waals surface area contributed by atoms with Gasteiger partial charge in [-0.2, -0.15) is 10.5 Å². The first-order valence-electron chi connectivity index (χ1n) is 10.4. The topological polar surface area (TPSA) is 98.6 Å². The van der Waals surface area contributed by atoms with Crippen LogP contribution in [0.1, 0.15) is 56.7 Å². The van der Waals surface area contributed by atoms with Crippen molar-refractivity contribution in [3.05, 3.63) is 36.2 Å². The number of carbonyl (C=O) groups excluding carboxylic acids is 1. The van der Waals surface area contributed by atoms with Gasteiger partial charge in [-0.15, -0.1) is 5.10 Å². The summed E-state index contributed by atoms with van der Waals surface area (Å²) in [6, 6.07) is 14.1. The van der Waals surface area contributed by atoms with Gasteiger partial charge < -0.3 is 4.90 Å². The summed E-state index contributed by atoms with van der Waals surface area (Å²) >= 11 is 1.32. The van der Waals surface area contributed by atoms with Crippen molar-refractivity contribution in [1.29, 1.82) is 10.5 Å². The number of carbonyl (C=O) groups is 1. The number of benzene rings is 1. The van der Waals surface area contributed by atoms with Crippen molar-refractivity contribution >= 4 is 17.7 Å². The van der Waals surface area contributed by atoms with E-state index in [1.807, 2.05) is 35.0 Å². The molecule has 1 aliphatic carbocycles. The fourth-order valence-electron chi connectivity index (χ4n) is 3.70. The van der Waals surface area contributed by atoms with E-state index in [1.165, 1.54) is 31.0 Å². The number of nitriles is 2. The molecular formula is C22H26N6OS. The zero-order valence-electron chi connectivity index (χ0n) is 17.0. The Bertz CT molecular complexity index is 890. The Kier molecular flexibility index (Phi) is 8.29. The first kappa shape index (κ1) is 21.9. The van der Waals surface area contributed by atoms with Crippen molar-refractivity contribution in [2.75, 3.05) is 18.8 Å². The van der Waals surface area contributed by atoms with E-state index in [0.29, 0.717) is 24.2 Å². The van der Waals surface area contributed by atoms with Crippen LogP contribution in [0.3, 0.4) is 0 Å². The summed E-state index contributed by atoms with van der Waals surface area (Å²) in [6.07, 6.45) is 6.44. The van der Waals surface area contributed by atoms with Crippen molar-refractivity contribution in [1.82, 2.24) is 19.7 Å². The molecule has 156 valence electrons. The minimum absolute atomic E-state index is 0.0965. The molecule has 2 aromatic rings. The largest absolute Gasteiger partial charge is 0.340 e. The summed E-state index contributed by atoms with van der Waals surface area (Å²) < 4.78 is 1.92. The number of nitrogens with zero attached hydrogens (tertiary/aromatic N) is 6. The second-order valence-corrected chi connectivity index (χ2v) is 8.26. The molecule has 1 heterocycles. The van der Waals surface area contributed by atoms with Gasteiger partial charge >= 0.3 is 0 Å². The van der Waals surface area contributed by atoms with Gasteiger partial charge in [-0.3, -0.25) is 4.79 Å². The number of hydrogen-bond donors (Lipinski definition) is 0. The zero-order chi connectivity index (χ0) is 21.2. The predicted molar refractivity (Wildman–Crippen MR) is 115 cm³/mol. The molecule has 1 aliphatic rings. The monoisotopic (exact) mass is 422 g/mol. The zero-order valence-corrected chi connectivity index (χ0v) is 17.9. The Morgan fingerprint density at radius 3 is 2.40 bits per heavy atom. The summed E-state index contributed by atoms with van der Waals surface area (Å²) in [5, 5.41) is 22.9. The van der Waals surface area contributed by atoms with Crippen LogP contribution in [-0.2, 0) is 4.79 Å². The van der Waals surface area contributed by atoms with Crippen LogP contribution in [0.5, 0.6) is 0 Å². The fourth-order valence-corrected chi connectivity index (χ4v) is 4.43. The van der Waals surface area contributed by atoms with Crippen LogP contribution in [0, 0.1) is 22.7 Å². The van der Waals surface area contributed by atoms with Crippen LogP contribution < -0.4 is 0 Å². The summed E-state index contributed by atoms with van der Waals surface area (Å²) in [7, 11) is 0. The van der Waals surface area contributed by atoms with E-state index in [1.54, 1.807) is 4.90 Å². The summed E-state index contributed by atoms with van der Waals surface area (Å²) in [5.41, 5.74) is 0.980. The van der Waals surface area contributed by atoms with Gasteiger partial charge in [0.1, 0.15) is 5.82 Å². The number of para-hydroxylation sites is 1. The van der Waals surface area contributed by atoms with Crippen molar-refractivity contribution in [3.8, 4) is 17.8 Å². The lowest BCUT2D eigenvalue weighted by Gasteiger charge is -2.21. The standard InChI is InChI=1S/C22H26N6OS/c23-13-7-15-27(16-8-14-24)20(29)17-30-22-25-21(18-9-3-1-4-10-18)28(26-22)19-11-5-2-6-12-19/h2,5-6,11-12,18H,1,3-4,7-10,15-17H2. The van der Waals surface area contributed by atoms with Gasteiger partial charge in [0, 0.05) is 19.0 Å². The van der Waals surface area contributed by atoms with E-state index >= 15 is 0 Å². The lowest BCUT2D eigenvalue weighted by atomic mass is 9.88. The second-order valence-electron chi connectivity index (χ2n) is 7.32. The highest BCUT2D eigenvalue weighted by molar-refractivity contribution is 7.99. The van der Waals surface area contributed by atoms with Crippen molar-refractivity contribution < 1.29 is 4.79 Å². The highest BCUT2D eigenvalue weighted by Crippen LogP contribution is 2.33. The molecule has 0 bridgehead atoms. The van der Waals surface area contributed by atoms with Crippen LogP contribution >= 0.6 is 11.8 Å². The molecule has 0 aliphatic heterocycles. The number of thioether (sulfide) groups is 1. The minimum Gasteiger partial charge on any atom is -0.340 e. The Morgan fingerprint density at radius 2 is 1.77 bits per heavy atom. The molecule has 0 spiro atoms. The van der Waals surface area contributed by atoms with Crippen LogP contribution in [0.4, 0.5) is 0 Å². The van der Waals surface area contributed by atoms with E-state index in [9.17, 15) is 4.79 Å². The molecule has 0 saturated heterocycles. The summed E-state index contributed by atoms with van der Waals surface area (Å²) in [6.45, 7) is 0.688. The second kappa shape index (κ2) is 11.4. The SMILES string of the molecule is N#CCCN(CCC#N)C(=O)CSc1nc(C2CCCCC2)n(-c2ccccc2)n1. The van der Waals surface area contributed by atoms with Crippen molar-refractivity contribution in [2.45, 2.75) is 56.0 Å². The van der Waals surface area contributed by atoms with Gasteiger partial charge in [-0.25, -0.2) is 9.67 Å². The molecule has 7 nitrogen and oxygen atoms in total. The van der Waals surface area contributed by atoms with E-state index in [4.69, 9.17) is 20.6 Å². The lowest BCUT2D eigenvalue weighted by molar-refractivity contribution is -0.128. The van der Waals surface area contributed by atoms with E-state index in [2.05, 4.69) is 12.1 Å². The number of rotatable bonds is 9. The molecule has 30 heavy (non-hydrogen) atoms. The number of amides is 1. The van der Waals surface area contributed by atoms with Gasteiger partial charge in [0.25, 0.3) is 0 Å². The van der Waals surface area contributed by atoms with Crippen LogP contribution in [0.15, 0.2) is 35.5 Å². The normalized spacial score (nSPS) is 14.1. The fraction of sp³-hybridized carbons (Fsp3) is 0.500. The molecule has 1 aromatic heterocycles. The molecule has 0 atom stereocenters. The Morgan fingerprint density at radius 1 is 1.10 bits per heavy atom. The molecule has 0 radical (unpaired) electrons. The van der Waals surface area contributed by atoms with Crippen LogP contribution in [0.25, 0.3) is 5.69 Å². The molecule has 1 fully saturated rings. The van der Waals surface area contributed by atoms with E-state index in [0.717, 1.165) is 24.4 Å². The van der Waals surface area contributed by atoms with Gasteiger partial charge in [0.05, 0.1) is 36.4 Å². The van der Waals surface area contributed by atoms with Crippen molar-refractivity contribution in [2.24, 2.45) is 0 Å². The van der Waals surface area contributed by atoms with Crippen molar-refractivity contribution in [3.63, 3.8) is 0 Å². The lowest BCUT2D eigenvalue weighted by Crippen LogP contribution is -2.34. The maximum absolute atomic E-state index is 12.6. The Labute approximate surface area is 181 Å². The summed E-state index contributed by atoms with van der Waals surface area (Å²) in [4.78, 5) is 19.0. The number of aromatic nitrogens is 3. The molecule has 3 rings (SSSR count). The van der Waals surface area contributed by atoms with Gasteiger partial charge in [0.2, 0.25) is 11.1 Å². The third-order valence-corrected chi connectivity index (χ3v) is 6.07. The maximum atomic E-state index is 12.6. The van der Waals surface area contributed by atoms with Gasteiger partial charge in [-0.1, -0.05) is 49.2 Å². The Balaban J connectivity index is 1.74. The molecule has 0 N–H and O–H groups in total. The quantitative estimate of drug-likeness (QED) is 0.565. The smallest absolute Gasteiger partial charge is 0.233 e. The number of hydrogen-bond acceptors (Lipinski definition) is 6. The Hall–Kier alpha value is -2.84. The average Bonchev–Trinajstić information content (AvgIpc) is 3.23. The maximum Gasteiger partial charge on any atom is 0.233 e.